The molecule has 0 radical (unpaired) electrons. The number of nitrogens with one attached hydrogen (secondary N) is 2. The lowest BCUT2D eigenvalue weighted by Crippen LogP contribution is -2.62. The minimum atomic E-state index is -1.10. The summed E-state index contributed by atoms with van der Waals surface area (Å²) in [6.07, 6.45) is 6.98. The van der Waals surface area contributed by atoms with Crippen molar-refractivity contribution in [2.24, 2.45) is 5.41 Å². The number of imide groups is 2. The summed E-state index contributed by atoms with van der Waals surface area (Å²) in [7, 11) is 0. The van der Waals surface area contributed by atoms with E-state index >= 15 is 4.39 Å². The van der Waals surface area contributed by atoms with Gasteiger partial charge in [0.15, 0.2) is 11.5 Å². The van der Waals surface area contributed by atoms with Crippen molar-refractivity contribution in [2.45, 2.75) is 88.4 Å². The maximum absolute atomic E-state index is 15.5. The Bertz CT molecular complexity index is 2270. The number of nitrogens with zero attached hydrogens (tertiary/aromatic N) is 7. The van der Waals surface area contributed by atoms with Gasteiger partial charge in [-0.2, -0.15) is 5.26 Å². The van der Waals surface area contributed by atoms with Gasteiger partial charge in [0, 0.05) is 56.2 Å². The number of hydrogen-bond donors (Lipinski definition) is 2. The molecule has 1 spiro atoms. The van der Waals surface area contributed by atoms with Gasteiger partial charge in [0.2, 0.25) is 11.8 Å². The van der Waals surface area contributed by atoms with Gasteiger partial charge in [0.1, 0.15) is 23.7 Å². The first-order valence-corrected chi connectivity index (χ1v) is 21.2. The molecule has 9 rings (SSSR count). The van der Waals surface area contributed by atoms with E-state index in [-0.39, 0.29) is 58.8 Å². The molecular weight excluding hydrogens is 793 g/mol. The van der Waals surface area contributed by atoms with Crippen LogP contribution in [0.5, 0.6) is 5.75 Å². The van der Waals surface area contributed by atoms with Crippen molar-refractivity contribution in [1.29, 1.82) is 5.26 Å². The molecule has 2 aromatic carbocycles. The van der Waals surface area contributed by atoms with Gasteiger partial charge in [0.25, 0.3) is 17.7 Å². The third kappa shape index (κ3) is 7.64. The van der Waals surface area contributed by atoms with Crippen molar-refractivity contribution in [3.8, 4) is 11.8 Å². The molecule has 15 nitrogen and oxygen atoms in total. The number of carbonyl (C=O) groups excluding carboxylic acids is 5. The summed E-state index contributed by atoms with van der Waals surface area (Å²) in [6.45, 7) is 4.93. The van der Waals surface area contributed by atoms with Crippen molar-refractivity contribution < 1.29 is 33.1 Å². The second-order valence-electron chi connectivity index (χ2n) is 17.0. The number of likely N-dealkylation sites (tertiary alicyclic amines) is 1. The largest absolute Gasteiger partial charge is 0.490 e. The minimum Gasteiger partial charge on any atom is -0.490 e. The van der Waals surface area contributed by atoms with E-state index in [1.54, 1.807) is 24.3 Å². The molecule has 312 valence electrons. The van der Waals surface area contributed by atoms with Crippen molar-refractivity contribution in [3.63, 3.8) is 0 Å². The van der Waals surface area contributed by atoms with Crippen LogP contribution in [0.4, 0.5) is 15.9 Å². The predicted molar refractivity (Wildman–Crippen MR) is 216 cm³/mol. The van der Waals surface area contributed by atoms with Crippen molar-refractivity contribution >= 4 is 52.6 Å². The summed E-state index contributed by atoms with van der Waals surface area (Å²) in [5, 5.41) is 23.4. The second kappa shape index (κ2) is 16.1. The summed E-state index contributed by atoms with van der Waals surface area (Å²) in [4.78, 5) is 71.1. The highest BCUT2D eigenvalue weighted by Gasteiger charge is 2.47. The third-order valence-corrected chi connectivity index (χ3v) is 13.6. The van der Waals surface area contributed by atoms with Crippen LogP contribution in [-0.4, -0.2) is 113 Å². The monoisotopic (exact) mass is 837 g/mol. The first kappa shape index (κ1) is 39.8. The fourth-order valence-corrected chi connectivity index (χ4v) is 10.1. The van der Waals surface area contributed by atoms with E-state index in [1.165, 1.54) is 6.07 Å². The average molecular weight is 838 g/mol. The smallest absolute Gasteiger partial charge is 0.272 e. The molecule has 1 aliphatic carbocycles. The summed E-state index contributed by atoms with van der Waals surface area (Å²) < 4.78 is 21.6. The molecule has 1 unspecified atom stereocenters. The maximum Gasteiger partial charge on any atom is 0.272 e. The second-order valence-corrected chi connectivity index (χ2v) is 17.4. The Morgan fingerprint density at radius 2 is 1.60 bits per heavy atom. The highest BCUT2D eigenvalue weighted by molar-refractivity contribution is 6.31. The van der Waals surface area contributed by atoms with Crippen LogP contribution in [0.25, 0.3) is 0 Å². The van der Waals surface area contributed by atoms with E-state index in [1.807, 2.05) is 17.0 Å². The quantitative estimate of drug-likeness (QED) is 0.309. The fraction of sp³-hybridized carbons (Fsp3) is 0.488. The number of aromatic nitrogens is 2. The number of amides is 5. The SMILES string of the molecule is N#Cc1ccc(OC2CCC(NC(=O)c3ccc(N4CC5(CCN(C6CCN(c7cc8c(cc7F)C(=O)N(C7CCC(=O)NC7=O)C8=O)CC6)CC5)C4)nn3)CC2)cc1Cl. The summed E-state index contributed by atoms with van der Waals surface area (Å²) in [5.41, 5.74) is 1.21. The van der Waals surface area contributed by atoms with Crippen LogP contribution in [0.1, 0.15) is 101 Å². The Morgan fingerprint density at radius 3 is 2.25 bits per heavy atom. The van der Waals surface area contributed by atoms with Crippen LogP contribution < -0.4 is 25.2 Å². The maximum atomic E-state index is 15.5. The first-order chi connectivity index (χ1) is 29.0. The summed E-state index contributed by atoms with van der Waals surface area (Å²) >= 11 is 6.15. The molecule has 2 N–H and O–H groups in total. The number of carbonyl (C=O) groups is 5. The number of benzene rings is 2. The first-order valence-electron chi connectivity index (χ1n) is 20.8. The molecule has 4 saturated heterocycles. The number of piperidine rings is 3. The molecule has 1 atom stereocenters. The molecule has 17 heteroatoms. The lowest BCUT2D eigenvalue weighted by Gasteiger charge is -2.55. The van der Waals surface area contributed by atoms with E-state index in [9.17, 15) is 24.0 Å². The van der Waals surface area contributed by atoms with Crippen LogP contribution in [0.15, 0.2) is 42.5 Å². The van der Waals surface area contributed by atoms with E-state index < -0.39 is 35.5 Å². The van der Waals surface area contributed by atoms with Gasteiger partial charge in [-0.15, -0.1) is 10.2 Å². The summed E-state index contributed by atoms with van der Waals surface area (Å²) in [5.74, 6) is -1.93. The molecule has 3 aromatic rings. The zero-order valence-corrected chi connectivity index (χ0v) is 33.8. The normalized spacial score (nSPS) is 24.5. The lowest BCUT2D eigenvalue weighted by atomic mass is 9.71. The average Bonchev–Trinajstić information content (AvgIpc) is 3.47. The molecule has 5 aliphatic heterocycles. The Kier molecular flexibility index (Phi) is 10.7. The zero-order chi connectivity index (χ0) is 41.7. The highest BCUT2D eigenvalue weighted by Crippen LogP contribution is 2.43. The highest BCUT2D eigenvalue weighted by atomic mass is 35.5. The van der Waals surface area contributed by atoms with E-state index in [2.05, 4.69) is 30.6 Å². The molecule has 1 aromatic heterocycles. The number of ether oxygens (including phenoxy) is 1. The van der Waals surface area contributed by atoms with Gasteiger partial charge in [-0.1, -0.05) is 11.6 Å². The van der Waals surface area contributed by atoms with Crippen molar-refractivity contribution in [1.82, 2.24) is 30.6 Å². The van der Waals surface area contributed by atoms with Crippen molar-refractivity contribution in [2.75, 3.05) is 49.1 Å². The molecule has 6 aliphatic rings. The Morgan fingerprint density at radius 1 is 0.883 bits per heavy atom. The number of fused-ring (bicyclic) bond motifs is 1. The van der Waals surface area contributed by atoms with E-state index in [0.717, 1.165) is 94.3 Å². The number of nitriles is 1. The van der Waals surface area contributed by atoms with Crippen LogP contribution >= 0.6 is 11.6 Å². The standard InChI is InChI=1S/C43H45ClFN9O6/c44-32-19-29(4-1-25(32)22-46)60-28-5-2-26(3-6-28)47-39(56)34-7-9-37(50-49-34)53-23-43(24-53)13-17-51(18-14-43)27-11-15-52(16-12-27)36-21-31-30(20-33(36)45)41(58)54(42(31)59)35-8-10-38(55)48-40(35)57/h1,4,7,9,19-21,26-28,35H,2-3,5-6,8,10-18,23-24H2,(H,47,56)(H,48,55,57). The van der Waals surface area contributed by atoms with E-state index in [0.29, 0.717) is 35.5 Å². The number of rotatable bonds is 8. The summed E-state index contributed by atoms with van der Waals surface area (Å²) in [6, 6.07) is 12.6. The Labute approximate surface area is 351 Å². The Hall–Kier alpha value is -5.66. The molecular formula is C43H45ClFN9O6. The lowest BCUT2D eigenvalue weighted by molar-refractivity contribution is -0.136. The topological polar surface area (TPSA) is 181 Å². The van der Waals surface area contributed by atoms with Gasteiger partial charge in [-0.3, -0.25) is 34.2 Å². The number of anilines is 2. The van der Waals surface area contributed by atoms with Crippen LogP contribution in [0, 0.1) is 22.6 Å². The van der Waals surface area contributed by atoms with Crippen molar-refractivity contribution in [3.05, 3.63) is 75.7 Å². The van der Waals surface area contributed by atoms with Gasteiger partial charge < -0.3 is 24.8 Å². The number of halogens is 2. The molecule has 60 heavy (non-hydrogen) atoms. The third-order valence-electron chi connectivity index (χ3n) is 13.3. The van der Waals surface area contributed by atoms with E-state index in [4.69, 9.17) is 21.6 Å². The molecule has 6 heterocycles. The zero-order valence-electron chi connectivity index (χ0n) is 33.0. The van der Waals surface area contributed by atoms with Crippen LogP contribution in [-0.2, 0) is 9.59 Å². The molecule has 5 fully saturated rings. The van der Waals surface area contributed by atoms with Gasteiger partial charge in [-0.25, -0.2) is 4.39 Å². The number of hydrogen-bond acceptors (Lipinski definition) is 12. The van der Waals surface area contributed by atoms with Crippen LogP contribution in [0.3, 0.4) is 0 Å². The minimum absolute atomic E-state index is 0.0102. The Balaban J connectivity index is 0.709. The van der Waals surface area contributed by atoms with Gasteiger partial charge in [-0.05, 0) is 107 Å². The van der Waals surface area contributed by atoms with Crippen LogP contribution in [0.2, 0.25) is 5.02 Å². The van der Waals surface area contributed by atoms with Gasteiger partial charge in [0.05, 0.1) is 33.5 Å². The molecule has 1 saturated carbocycles. The predicted octanol–water partition coefficient (Wildman–Crippen LogP) is 4.23. The van der Waals surface area contributed by atoms with Gasteiger partial charge >= 0.3 is 0 Å². The molecule has 0 bridgehead atoms. The fourth-order valence-electron chi connectivity index (χ4n) is 9.85. The molecule has 5 amide bonds.